The topological polar surface area (TPSA) is 79.0 Å². The van der Waals surface area contributed by atoms with Crippen LogP contribution in [0.2, 0.25) is 0 Å². The number of nitrogens with one attached hydrogen (secondary N) is 1. The Morgan fingerprint density at radius 2 is 1.31 bits per heavy atom. The van der Waals surface area contributed by atoms with Gasteiger partial charge in [0, 0.05) is 45.1 Å². The maximum absolute atomic E-state index is 14.4. The van der Waals surface area contributed by atoms with Crippen LogP contribution in [0.25, 0.3) is 6.08 Å². The molecule has 51 heavy (non-hydrogen) atoms. The molecule has 1 saturated heterocycles. The molecule has 3 aliphatic heterocycles. The molecule has 9 heteroatoms. The predicted molar refractivity (Wildman–Crippen MR) is 206 cm³/mol. The average Bonchev–Trinajstić information content (AvgIpc) is 3.14. The third-order valence-electron chi connectivity index (χ3n) is 9.94. The van der Waals surface area contributed by atoms with E-state index in [9.17, 15) is 14.4 Å². The molecule has 0 unspecified atom stereocenters. The number of halogens is 2. The van der Waals surface area contributed by atoms with E-state index in [1.165, 1.54) is 22.9 Å². The maximum Gasteiger partial charge on any atom is 0.335 e. The number of benzene rings is 5. The van der Waals surface area contributed by atoms with E-state index >= 15 is 0 Å². The van der Waals surface area contributed by atoms with Gasteiger partial charge in [0.05, 0.1) is 5.69 Å². The molecule has 0 aliphatic carbocycles. The van der Waals surface area contributed by atoms with Crippen LogP contribution in [0.1, 0.15) is 58.1 Å². The number of nitrogens with zero attached hydrogens (tertiary/aromatic N) is 2. The molecule has 2 atom stereocenters. The fraction of sp³-hybridized carbons (Fsp3) is 0.167. The number of carbonyl (C=O) groups excluding carboxylic acids is 3. The Bertz CT molecular complexity index is 2120. The zero-order valence-electron chi connectivity index (χ0n) is 27.5. The molecule has 3 aliphatic rings. The van der Waals surface area contributed by atoms with E-state index in [1.807, 2.05) is 78.9 Å². The average molecular weight is 804 g/mol. The van der Waals surface area contributed by atoms with Gasteiger partial charge in [-0.2, -0.15) is 0 Å². The Morgan fingerprint density at radius 3 is 1.92 bits per heavy atom. The summed E-state index contributed by atoms with van der Waals surface area (Å²) in [5.74, 6) is -0.789. The van der Waals surface area contributed by atoms with Crippen LogP contribution in [0.3, 0.4) is 0 Å². The molecule has 0 radical (unpaired) electrons. The normalized spacial score (nSPS) is 19.2. The highest BCUT2D eigenvalue weighted by Crippen LogP contribution is 2.50. The van der Waals surface area contributed by atoms with Crippen LogP contribution in [0.5, 0.6) is 5.75 Å². The van der Waals surface area contributed by atoms with E-state index < -0.39 is 17.8 Å². The summed E-state index contributed by atoms with van der Waals surface area (Å²) in [5.41, 5.74) is 7.49. The van der Waals surface area contributed by atoms with Crippen molar-refractivity contribution in [1.29, 1.82) is 0 Å². The van der Waals surface area contributed by atoms with Gasteiger partial charge in [-0.05, 0) is 89.2 Å². The lowest BCUT2D eigenvalue weighted by Crippen LogP contribution is -2.54. The van der Waals surface area contributed by atoms with Crippen LogP contribution in [-0.4, -0.2) is 30.9 Å². The fourth-order valence-electron chi connectivity index (χ4n) is 7.52. The number of carbonyl (C=O) groups is 3. The van der Waals surface area contributed by atoms with Crippen LogP contribution in [0, 0.1) is 0 Å². The van der Waals surface area contributed by atoms with Gasteiger partial charge in [-0.3, -0.25) is 14.9 Å². The molecule has 0 aromatic heterocycles. The Balaban J connectivity index is 1.21. The summed E-state index contributed by atoms with van der Waals surface area (Å²) >= 11 is 6.98. The van der Waals surface area contributed by atoms with Crippen LogP contribution in [0.15, 0.2) is 130 Å². The van der Waals surface area contributed by atoms with Gasteiger partial charge < -0.3 is 9.64 Å². The minimum Gasteiger partial charge on any atom is -0.488 e. The highest BCUT2D eigenvalue weighted by Gasteiger charge is 2.40. The Labute approximate surface area is 313 Å². The van der Waals surface area contributed by atoms with Crippen molar-refractivity contribution in [3.8, 4) is 5.75 Å². The summed E-state index contributed by atoms with van der Waals surface area (Å²) in [6.45, 7) is 2.13. The molecule has 1 N–H and O–H groups in total. The van der Waals surface area contributed by atoms with Crippen LogP contribution < -0.4 is 19.9 Å². The molecule has 8 rings (SSSR count). The minimum absolute atomic E-state index is 0.0809. The number of amides is 4. The first-order valence-electron chi connectivity index (χ1n) is 16.9. The van der Waals surface area contributed by atoms with Crippen molar-refractivity contribution in [1.82, 2.24) is 5.32 Å². The summed E-state index contributed by atoms with van der Waals surface area (Å²) in [6.07, 6.45) is 3.32. The Hall–Kier alpha value is -4.99. The van der Waals surface area contributed by atoms with Crippen LogP contribution in [-0.2, 0) is 16.2 Å². The monoisotopic (exact) mass is 801 g/mol. The van der Waals surface area contributed by atoms with E-state index in [-0.39, 0.29) is 24.0 Å². The minimum atomic E-state index is -0.772. The quantitative estimate of drug-likeness (QED) is 0.131. The third kappa shape index (κ3) is 6.52. The summed E-state index contributed by atoms with van der Waals surface area (Å²) in [5, 5.41) is 2.44. The molecular weight excluding hydrogens is 770 g/mol. The van der Waals surface area contributed by atoms with Crippen molar-refractivity contribution >= 4 is 67.2 Å². The number of hydrogen-bond acceptors (Lipinski definition) is 5. The van der Waals surface area contributed by atoms with E-state index in [0.717, 1.165) is 56.5 Å². The summed E-state index contributed by atoms with van der Waals surface area (Å²) in [4.78, 5) is 45.0. The zero-order chi connectivity index (χ0) is 35.1. The number of urea groups is 1. The molecule has 4 amide bonds. The first-order valence-corrected chi connectivity index (χ1v) is 18.5. The highest BCUT2D eigenvalue weighted by molar-refractivity contribution is 9.10. The van der Waals surface area contributed by atoms with Crippen molar-refractivity contribution in [2.75, 3.05) is 22.9 Å². The van der Waals surface area contributed by atoms with Crippen molar-refractivity contribution in [3.63, 3.8) is 0 Å². The zero-order valence-corrected chi connectivity index (χ0v) is 30.7. The first-order chi connectivity index (χ1) is 24.8. The lowest BCUT2D eigenvalue weighted by molar-refractivity contribution is -0.122. The number of barbiturate groups is 1. The molecule has 0 saturated carbocycles. The van der Waals surface area contributed by atoms with E-state index in [1.54, 1.807) is 12.1 Å². The molecule has 1 fully saturated rings. The second-order valence-electron chi connectivity index (χ2n) is 13.0. The van der Waals surface area contributed by atoms with Crippen LogP contribution in [0.4, 0.5) is 16.2 Å². The van der Waals surface area contributed by atoms with Gasteiger partial charge in [0.2, 0.25) is 0 Å². The number of rotatable bonds is 7. The lowest BCUT2D eigenvalue weighted by atomic mass is 9.76. The van der Waals surface area contributed by atoms with Gasteiger partial charge >= 0.3 is 6.03 Å². The van der Waals surface area contributed by atoms with Gasteiger partial charge in [-0.15, -0.1) is 0 Å². The van der Waals surface area contributed by atoms with Crippen molar-refractivity contribution < 1.29 is 19.1 Å². The predicted octanol–water partition coefficient (Wildman–Crippen LogP) is 9.33. The molecule has 254 valence electrons. The number of anilines is 2. The maximum atomic E-state index is 14.4. The van der Waals surface area contributed by atoms with E-state index in [0.29, 0.717) is 17.0 Å². The van der Waals surface area contributed by atoms with E-state index in [4.69, 9.17) is 4.74 Å². The Kier molecular flexibility index (Phi) is 9.08. The second kappa shape index (κ2) is 14.0. The molecule has 0 spiro atoms. The number of hydrogen-bond donors (Lipinski definition) is 1. The third-order valence-corrected chi connectivity index (χ3v) is 11.0. The molecule has 5 aromatic carbocycles. The van der Waals surface area contributed by atoms with Gasteiger partial charge in [0.25, 0.3) is 11.8 Å². The van der Waals surface area contributed by atoms with Gasteiger partial charge in [-0.25, -0.2) is 9.69 Å². The number of imide groups is 2. The second-order valence-corrected chi connectivity index (χ2v) is 14.9. The lowest BCUT2D eigenvalue weighted by Gasteiger charge is -2.44. The molecular formula is C42H33Br2N3O4. The standard InChI is InChI=1S/C42H33Br2N3O4/c43-30-13-11-26(12-14-30)25-51-38-16-15-31(44)21-29(38)22-37-40(48)45-42(50)47(41(37)49)32-23-35-33(27-7-3-1-4-8-27)17-19-46-20-18-34(36(24-32)39(35)46)28-9-5-2-6-10-28/h1-16,21-24,33-34H,17-20,25H2,(H,45,48,50)/b37-22+/t33-,34-/m1/s1. The van der Waals surface area contributed by atoms with E-state index in [2.05, 4.69) is 66.3 Å². The Morgan fingerprint density at radius 1 is 0.725 bits per heavy atom. The van der Waals surface area contributed by atoms with Gasteiger partial charge in [0.15, 0.2) is 0 Å². The fourth-order valence-corrected chi connectivity index (χ4v) is 8.16. The summed E-state index contributed by atoms with van der Waals surface area (Å²) in [7, 11) is 0. The van der Waals surface area contributed by atoms with Crippen molar-refractivity contribution in [3.05, 3.63) is 163 Å². The molecule has 5 aromatic rings. The number of ether oxygens (including phenoxy) is 1. The van der Waals surface area contributed by atoms with Crippen molar-refractivity contribution in [2.24, 2.45) is 0 Å². The largest absolute Gasteiger partial charge is 0.488 e. The summed E-state index contributed by atoms with van der Waals surface area (Å²) in [6, 6.07) is 37.2. The first kappa shape index (κ1) is 33.2. The molecule has 7 nitrogen and oxygen atoms in total. The van der Waals surface area contributed by atoms with Gasteiger partial charge in [0.1, 0.15) is 17.9 Å². The SMILES string of the molecule is O=C1NC(=O)N(c2cc3c4c(c2)[C@@H](c2ccccc2)CCN4CC[C@@H]3c2ccccc2)C(=O)/C1=C/c1cc(Br)ccc1OCc1ccc(Br)cc1. The molecule has 3 heterocycles. The van der Waals surface area contributed by atoms with Crippen LogP contribution >= 0.6 is 31.9 Å². The van der Waals surface area contributed by atoms with Crippen molar-refractivity contribution in [2.45, 2.75) is 31.3 Å². The highest BCUT2D eigenvalue weighted by atomic mass is 79.9. The summed E-state index contributed by atoms with van der Waals surface area (Å²) < 4.78 is 7.89. The van der Waals surface area contributed by atoms with Gasteiger partial charge in [-0.1, -0.05) is 105 Å². The molecule has 0 bridgehead atoms. The smallest absolute Gasteiger partial charge is 0.335 e.